The standard InChI is InChI=1S/C18H25NO4/c20-17(13-14-7-9-15(10-8-14)18(21)22)19-11-4-12-23-16-5-2-1-3-6-16/h7-10,16H,1-6,11-13H2,(H,19,20)(H,21,22). The van der Waals surface area contributed by atoms with Gasteiger partial charge in [-0.1, -0.05) is 31.4 Å². The van der Waals surface area contributed by atoms with Gasteiger partial charge in [0.15, 0.2) is 0 Å². The highest BCUT2D eigenvalue weighted by atomic mass is 16.5. The summed E-state index contributed by atoms with van der Waals surface area (Å²) in [7, 11) is 0. The Hall–Kier alpha value is -1.88. The average molecular weight is 319 g/mol. The van der Waals surface area contributed by atoms with Gasteiger partial charge in [0.25, 0.3) is 0 Å². The number of rotatable bonds is 8. The van der Waals surface area contributed by atoms with Crippen LogP contribution in [0.1, 0.15) is 54.4 Å². The second-order valence-electron chi connectivity index (χ2n) is 6.01. The number of carbonyl (C=O) groups excluding carboxylic acids is 1. The molecule has 5 nitrogen and oxygen atoms in total. The molecule has 1 aromatic carbocycles. The smallest absolute Gasteiger partial charge is 0.335 e. The van der Waals surface area contributed by atoms with Gasteiger partial charge in [-0.3, -0.25) is 4.79 Å². The Morgan fingerprint density at radius 3 is 2.48 bits per heavy atom. The lowest BCUT2D eigenvalue weighted by atomic mass is 9.98. The molecule has 0 bridgehead atoms. The third-order valence-corrected chi connectivity index (χ3v) is 4.11. The van der Waals surface area contributed by atoms with Crippen LogP contribution in [0.3, 0.4) is 0 Å². The van der Waals surface area contributed by atoms with E-state index in [1.807, 2.05) is 0 Å². The maximum Gasteiger partial charge on any atom is 0.335 e. The third-order valence-electron chi connectivity index (χ3n) is 4.11. The molecule has 0 heterocycles. The van der Waals surface area contributed by atoms with E-state index in [-0.39, 0.29) is 17.9 Å². The first kappa shape index (κ1) is 17.5. The molecule has 0 radical (unpaired) electrons. The van der Waals surface area contributed by atoms with E-state index in [0.717, 1.165) is 12.0 Å². The summed E-state index contributed by atoms with van der Waals surface area (Å²) in [5.74, 6) is -1.01. The summed E-state index contributed by atoms with van der Waals surface area (Å²) in [6, 6.07) is 6.39. The number of hydrogen-bond acceptors (Lipinski definition) is 3. The molecule has 1 fully saturated rings. The van der Waals surface area contributed by atoms with Crippen LogP contribution in [-0.4, -0.2) is 36.2 Å². The van der Waals surface area contributed by atoms with Crippen LogP contribution >= 0.6 is 0 Å². The van der Waals surface area contributed by atoms with Crippen LogP contribution in [0, 0.1) is 0 Å². The van der Waals surface area contributed by atoms with Crippen LogP contribution in [0.25, 0.3) is 0 Å². The first-order chi connectivity index (χ1) is 11.1. The lowest BCUT2D eigenvalue weighted by Crippen LogP contribution is -2.27. The Bertz CT molecular complexity index is 506. The molecule has 0 aliphatic heterocycles. The third kappa shape index (κ3) is 6.40. The van der Waals surface area contributed by atoms with Crippen molar-refractivity contribution in [2.24, 2.45) is 0 Å². The van der Waals surface area contributed by atoms with Gasteiger partial charge in [-0.15, -0.1) is 0 Å². The minimum Gasteiger partial charge on any atom is -0.478 e. The maximum absolute atomic E-state index is 11.8. The predicted molar refractivity (Wildman–Crippen MR) is 87.6 cm³/mol. The van der Waals surface area contributed by atoms with Crippen LogP contribution in [0.2, 0.25) is 0 Å². The number of nitrogens with one attached hydrogen (secondary N) is 1. The molecule has 0 atom stereocenters. The largest absolute Gasteiger partial charge is 0.478 e. The number of carboxylic acid groups (broad SMARTS) is 1. The van der Waals surface area contributed by atoms with E-state index in [1.165, 1.54) is 44.2 Å². The first-order valence-electron chi connectivity index (χ1n) is 8.35. The second kappa shape index (κ2) is 9.30. The molecule has 5 heteroatoms. The van der Waals surface area contributed by atoms with E-state index < -0.39 is 5.97 Å². The van der Waals surface area contributed by atoms with Crippen molar-refractivity contribution in [1.29, 1.82) is 0 Å². The van der Waals surface area contributed by atoms with Crippen molar-refractivity contribution in [3.63, 3.8) is 0 Å². The number of carbonyl (C=O) groups is 2. The van der Waals surface area contributed by atoms with Crippen molar-refractivity contribution in [2.45, 2.75) is 51.0 Å². The van der Waals surface area contributed by atoms with Gasteiger partial charge < -0.3 is 15.2 Å². The highest BCUT2D eigenvalue weighted by molar-refractivity contribution is 5.87. The van der Waals surface area contributed by atoms with E-state index in [0.29, 0.717) is 19.3 Å². The molecule has 0 spiro atoms. The maximum atomic E-state index is 11.8. The number of ether oxygens (including phenoxy) is 1. The van der Waals surface area contributed by atoms with Crippen molar-refractivity contribution in [1.82, 2.24) is 5.32 Å². The molecular weight excluding hydrogens is 294 g/mol. The Balaban J connectivity index is 1.58. The average Bonchev–Trinajstić information content (AvgIpc) is 2.56. The lowest BCUT2D eigenvalue weighted by Gasteiger charge is -2.21. The second-order valence-corrected chi connectivity index (χ2v) is 6.01. The quantitative estimate of drug-likeness (QED) is 0.723. The molecule has 0 unspecified atom stereocenters. The fraction of sp³-hybridized carbons (Fsp3) is 0.556. The van der Waals surface area contributed by atoms with Gasteiger partial charge in [0.1, 0.15) is 0 Å². The summed E-state index contributed by atoms with van der Waals surface area (Å²) in [6.07, 6.45) is 7.68. The Morgan fingerprint density at radius 2 is 1.83 bits per heavy atom. The van der Waals surface area contributed by atoms with Gasteiger partial charge in [0.2, 0.25) is 5.91 Å². The van der Waals surface area contributed by atoms with Crippen LogP contribution in [0.5, 0.6) is 0 Å². The van der Waals surface area contributed by atoms with Gasteiger partial charge in [-0.05, 0) is 37.0 Å². The molecule has 0 saturated heterocycles. The number of hydrogen-bond donors (Lipinski definition) is 2. The Morgan fingerprint density at radius 1 is 1.13 bits per heavy atom. The minimum absolute atomic E-state index is 0.0502. The predicted octanol–water partition coefficient (Wildman–Crippen LogP) is 2.78. The Labute approximate surface area is 137 Å². The molecule has 1 saturated carbocycles. The zero-order valence-corrected chi connectivity index (χ0v) is 13.4. The van der Waals surface area contributed by atoms with Crippen LogP contribution in [0.4, 0.5) is 0 Å². The van der Waals surface area contributed by atoms with Gasteiger partial charge in [0.05, 0.1) is 18.1 Å². The zero-order valence-electron chi connectivity index (χ0n) is 13.4. The highest BCUT2D eigenvalue weighted by Crippen LogP contribution is 2.20. The summed E-state index contributed by atoms with van der Waals surface area (Å²) in [6.45, 7) is 1.30. The molecule has 126 valence electrons. The van der Waals surface area contributed by atoms with Gasteiger partial charge in [-0.2, -0.15) is 0 Å². The molecule has 2 N–H and O–H groups in total. The molecule has 23 heavy (non-hydrogen) atoms. The van der Waals surface area contributed by atoms with Crippen molar-refractivity contribution in [2.75, 3.05) is 13.2 Å². The van der Waals surface area contributed by atoms with Crippen LogP contribution < -0.4 is 5.32 Å². The number of amides is 1. The van der Waals surface area contributed by atoms with E-state index in [1.54, 1.807) is 12.1 Å². The van der Waals surface area contributed by atoms with Crippen molar-refractivity contribution >= 4 is 11.9 Å². The normalized spacial score (nSPS) is 15.3. The number of benzene rings is 1. The molecule has 1 aliphatic carbocycles. The van der Waals surface area contributed by atoms with E-state index in [4.69, 9.17) is 9.84 Å². The minimum atomic E-state index is -0.959. The van der Waals surface area contributed by atoms with E-state index in [2.05, 4.69) is 5.32 Å². The topological polar surface area (TPSA) is 75.6 Å². The molecule has 1 aliphatic rings. The molecular formula is C18H25NO4. The highest BCUT2D eigenvalue weighted by Gasteiger charge is 2.13. The van der Waals surface area contributed by atoms with E-state index >= 15 is 0 Å². The van der Waals surface area contributed by atoms with Gasteiger partial charge in [0, 0.05) is 13.2 Å². The zero-order chi connectivity index (χ0) is 16.5. The summed E-state index contributed by atoms with van der Waals surface area (Å²) in [5, 5.41) is 11.7. The molecule has 1 aromatic rings. The van der Waals surface area contributed by atoms with E-state index in [9.17, 15) is 9.59 Å². The summed E-state index contributed by atoms with van der Waals surface area (Å²) < 4.78 is 5.81. The summed E-state index contributed by atoms with van der Waals surface area (Å²) in [5.41, 5.74) is 1.04. The van der Waals surface area contributed by atoms with Crippen LogP contribution in [0.15, 0.2) is 24.3 Å². The fourth-order valence-corrected chi connectivity index (χ4v) is 2.79. The van der Waals surface area contributed by atoms with Crippen molar-refractivity contribution in [3.8, 4) is 0 Å². The van der Waals surface area contributed by atoms with Crippen LogP contribution in [-0.2, 0) is 16.0 Å². The first-order valence-corrected chi connectivity index (χ1v) is 8.35. The molecule has 2 rings (SSSR count). The molecule has 0 aromatic heterocycles. The summed E-state index contributed by atoms with van der Waals surface area (Å²) >= 11 is 0. The monoisotopic (exact) mass is 319 g/mol. The lowest BCUT2D eigenvalue weighted by molar-refractivity contribution is -0.120. The number of carboxylic acids is 1. The van der Waals surface area contributed by atoms with Gasteiger partial charge >= 0.3 is 5.97 Å². The molecule has 1 amide bonds. The SMILES string of the molecule is O=C(Cc1ccc(C(=O)O)cc1)NCCCOC1CCCCC1. The summed E-state index contributed by atoms with van der Waals surface area (Å²) in [4.78, 5) is 22.6. The van der Waals surface area contributed by atoms with Gasteiger partial charge in [-0.25, -0.2) is 4.79 Å². The number of aromatic carboxylic acids is 1. The Kier molecular flexibility index (Phi) is 7.07. The fourth-order valence-electron chi connectivity index (χ4n) is 2.79. The van der Waals surface area contributed by atoms with Crippen molar-refractivity contribution in [3.05, 3.63) is 35.4 Å². The van der Waals surface area contributed by atoms with Crippen molar-refractivity contribution < 1.29 is 19.4 Å².